The van der Waals surface area contributed by atoms with Crippen molar-refractivity contribution < 1.29 is 23.5 Å². The molecular formula is C11H13N2O5P. The predicted octanol–water partition coefficient (Wildman–Crippen LogP) is 1.75. The van der Waals surface area contributed by atoms with Crippen LogP contribution in [0.15, 0.2) is 24.3 Å². The van der Waals surface area contributed by atoms with Crippen LogP contribution < -0.4 is 9.61 Å². The molecule has 0 fully saturated rings. The van der Waals surface area contributed by atoms with Crippen LogP contribution in [0.1, 0.15) is 12.5 Å². The molecule has 0 aliphatic carbocycles. The Morgan fingerprint density at radius 1 is 1.58 bits per heavy atom. The molecule has 0 heterocycles. The lowest BCUT2D eigenvalue weighted by Gasteiger charge is -2.20. The molecule has 0 aliphatic rings. The Morgan fingerprint density at radius 3 is 2.79 bits per heavy atom. The molecule has 2 unspecified atom stereocenters. The number of hydrogen-bond acceptors (Lipinski definition) is 5. The standard InChI is InChI=1S/C11H13N2O5P/c1-8(11(14)15)13-19(16,17-2)18-10-5-3-4-9(6-10)7-12/h3-6,8H,1-2H3,(H,13,16)(H,14,15). The normalized spacial score (nSPS) is 15.0. The molecule has 8 heteroatoms. The molecule has 0 saturated carbocycles. The van der Waals surface area contributed by atoms with Gasteiger partial charge in [0, 0.05) is 7.11 Å². The summed E-state index contributed by atoms with van der Waals surface area (Å²) >= 11 is 0. The molecule has 1 rings (SSSR count). The number of nitrogens with zero attached hydrogens (tertiary/aromatic N) is 1. The lowest BCUT2D eigenvalue weighted by Crippen LogP contribution is -2.33. The Hall–Kier alpha value is -1.87. The van der Waals surface area contributed by atoms with Gasteiger partial charge in [-0.1, -0.05) is 6.07 Å². The molecule has 2 N–H and O–H groups in total. The van der Waals surface area contributed by atoms with E-state index in [1.807, 2.05) is 6.07 Å². The maximum absolute atomic E-state index is 12.2. The summed E-state index contributed by atoms with van der Waals surface area (Å²) in [4.78, 5) is 10.7. The topological polar surface area (TPSA) is 109 Å². The van der Waals surface area contributed by atoms with Crippen LogP contribution in [0.4, 0.5) is 0 Å². The van der Waals surface area contributed by atoms with E-state index in [0.717, 1.165) is 7.11 Å². The number of nitrogens with one attached hydrogen (secondary N) is 1. The molecule has 0 aromatic heterocycles. The highest BCUT2D eigenvalue weighted by Gasteiger charge is 2.29. The first kappa shape index (κ1) is 15.2. The van der Waals surface area contributed by atoms with E-state index >= 15 is 0 Å². The van der Waals surface area contributed by atoms with Crippen LogP contribution in [0.5, 0.6) is 5.75 Å². The van der Waals surface area contributed by atoms with Gasteiger partial charge in [-0.2, -0.15) is 10.3 Å². The molecule has 7 nitrogen and oxygen atoms in total. The minimum absolute atomic E-state index is 0.148. The second-order valence-corrected chi connectivity index (χ2v) is 5.40. The maximum Gasteiger partial charge on any atom is 0.459 e. The lowest BCUT2D eigenvalue weighted by atomic mass is 10.2. The number of nitriles is 1. The smallest absolute Gasteiger partial charge is 0.459 e. The number of carbonyl (C=O) groups is 1. The Balaban J connectivity index is 2.89. The zero-order valence-corrected chi connectivity index (χ0v) is 11.3. The van der Waals surface area contributed by atoms with Gasteiger partial charge in [-0.05, 0) is 25.1 Å². The van der Waals surface area contributed by atoms with Crippen molar-refractivity contribution >= 4 is 13.7 Å². The highest BCUT2D eigenvalue weighted by atomic mass is 31.2. The molecule has 19 heavy (non-hydrogen) atoms. The third kappa shape index (κ3) is 4.38. The summed E-state index contributed by atoms with van der Waals surface area (Å²) in [7, 11) is -2.67. The van der Waals surface area contributed by atoms with E-state index in [9.17, 15) is 9.36 Å². The van der Waals surface area contributed by atoms with Crippen molar-refractivity contribution in [1.29, 1.82) is 5.26 Å². The van der Waals surface area contributed by atoms with Crippen molar-refractivity contribution in [1.82, 2.24) is 5.09 Å². The molecule has 0 saturated heterocycles. The van der Waals surface area contributed by atoms with Crippen LogP contribution in [-0.4, -0.2) is 24.2 Å². The lowest BCUT2D eigenvalue weighted by molar-refractivity contribution is -0.138. The third-order valence-corrected chi connectivity index (χ3v) is 3.79. The molecule has 0 aliphatic heterocycles. The Kier molecular flexibility index (Phi) is 5.07. The van der Waals surface area contributed by atoms with Crippen LogP contribution in [0.2, 0.25) is 0 Å². The van der Waals surface area contributed by atoms with Crippen LogP contribution in [0, 0.1) is 11.3 Å². The fraction of sp³-hybridized carbons (Fsp3) is 0.273. The van der Waals surface area contributed by atoms with Crippen molar-refractivity contribution in [3.8, 4) is 11.8 Å². The van der Waals surface area contributed by atoms with Gasteiger partial charge in [-0.15, -0.1) is 0 Å². The second-order valence-electron chi connectivity index (χ2n) is 3.60. The minimum atomic E-state index is -3.80. The first-order valence-electron chi connectivity index (χ1n) is 5.26. The van der Waals surface area contributed by atoms with Gasteiger partial charge >= 0.3 is 13.7 Å². The zero-order valence-electron chi connectivity index (χ0n) is 10.4. The van der Waals surface area contributed by atoms with Crippen LogP contribution in [0.3, 0.4) is 0 Å². The quantitative estimate of drug-likeness (QED) is 0.766. The van der Waals surface area contributed by atoms with Gasteiger partial charge < -0.3 is 9.63 Å². The molecule has 1 aromatic rings. The summed E-state index contributed by atoms with van der Waals surface area (Å²) in [5, 5.41) is 19.7. The van der Waals surface area contributed by atoms with E-state index in [-0.39, 0.29) is 5.75 Å². The minimum Gasteiger partial charge on any atom is -0.480 e. The van der Waals surface area contributed by atoms with Crippen LogP contribution >= 0.6 is 7.75 Å². The summed E-state index contributed by atoms with van der Waals surface area (Å²) in [6.07, 6.45) is 0. The summed E-state index contributed by atoms with van der Waals surface area (Å²) in [6.45, 7) is 1.31. The molecule has 0 bridgehead atoms. The summed E-state index contributed by atoms with van der Waals surface area (Å²) in [6, 6.07) is 6.76. The van der Waals surface area contributed by atoms with Crippen LogP contribution in [-0.2, 0) is 13.9 Å². The average Bonchev–Trinajstić information content (AvgIpc) is 2.38. The van der Waals surface area contributed by atoms with Gasteiger partial charge in [0.1, 0.15) is 11.8 Å². The summed E-state index contributed by atoms with van der Waals surface area (Å²) in [5.41, 5.74) is 0.325. The molecule has 0 radical (unpaired) electrons. The van der Waals surface area contributed by atoms with E-state index in [1.165, 1.54) is 19.1 Å². The van der Waals surface area contributed by atoms with Crippen molar-refractivity contribution in [3.05, 3.63) is 29.8 Å². The van der Waals surface area contributed by atoms with E-state index in [1.54, 1.807) is 12.1 Å². The Labute approximate surface area is 110 Å². The Morgan fingerprint density at radius 2 is 2.26 bits per heavy atom. The van der Waals surface area contributed by atoms with Gasteiger partial charge in [0.05, 0.1) is 11.6 Å². The number of aliphatic carboxylic acids is 1. The van der Waals surface area contributed by atoms with Gasteiger partial charge in [-0.3, -0.25) is 9.32 Å². The van der Waals surface area contributed by atoms with Crippen molar-refractivity contribution in [2.75, 3.05) is 7.11 Å². The first-order chi connectivity index (χ1) is 8.90. The Bertz CT molecular complexity index is 554. The molecule has 1 aromatic carbocycles. The van der Waals surface area contributed by atoms with Crippen molar-refractivity contribution in [3.63, 3.8) is 0 Å². The molecule has 102 valence electrons. The molecule has 2 atom stereocenters. The largest absolute Gasteiger partial charge is 0.480 e. The number of benzene rings is 1. The van der Waals surface area contributed by atoms with Crippen LogP contribution in [0.25, 0.3) is 0 Å². The van der Waals surface area contributed by atoms with Gasteiger partial charge in [-0.25, -0.2) is 4.57 Å². The molecular weight excluding hydrogens is 271 g/mol. The predicted molar refractivity (Wildman–Crippen MR) is 66.6 cm³/mol. The monoisotopic (exact) mass is 284 g/mol. The van der Waals surface area contributed by atoms with E-state index in [2.05, 4.69) is 5.09 Å². The van der Waals surface area contributed by atoms with E-state index in [4.69, 9.17) is 19.4 Å². The number of carboxylic acids is 1. The fourth-order valence-electron chi connectivity index (χ4n) is 1.17. The number of hydrogen-bond donors (Lipinski definition) is 2. The first-order valence-corrected chi connectivity index (χ1v) is 6.80. The zero-order chi connectivity index (χ0) is 14.5. The highest BCUT2D eigenvalue weighted by Crippen LogP contribution is 2.43. The molecule has 0 spiro atoms. The second kappa shape index (κ2) is 6.34. The van der Waals surface area contributed by atoms with Crippen molar-refractivity contribution in [2.24, 2.45) is 0 Å². The summed E-state index contributed by atoms with van der Waals surface area (Å²) in [5.74, 6) is -1.04. The molecule has 0 amide bonds. The van der Waals surface area contributed by atoms with Gasteiger partial charge in [0.2, 0.25) is 0 Å². The third-order valence-electron chi connectivity index (χ3n) is 2.15. The van der Waals surface area contributed by atoms with Crippen molar-refractivity contribution in [2.45, 2.75) is 13.0 Å². The highest BCUT2D eigenvalue weighted by molar-refractivity contribution is 7.52. The van der Waals surface area contributed by atoms with E-state index in [0.29, 0.717) is 5.56 Å². The number of rotatable bonds is 6. The fourth-order valence-corrected chi connectivity index (χ4v) is 2.38. The SMILES string of the molecule is COP(=O)(NC(C)C(=O)O)Oc1cccc(C#N)c1. The van der Waals surface area contributed by atoms with Gasteiger partial charge in [0.15, 0.2) is 0 Å². The summed E-state index contributed by atoms with van der Waals surface area (Å²) < 4.78 is 22.0. The number of carboxylic acid groups (broad SMARTS) is 1. The maximum atomic E-state index is 12.2. The average molecular weight is 284 g/mol. The van der Waals surface area contributed by atoms with E-state index < -0.39 is 19.8 Å². The van der Waals surface area contributed by atoms with Gasteiger partial charge in [0.25, 0.3) is 0 Å².